The van der Waals surface area contributed by atoms with Gasteiger partial charge < -0.3 is 70.1 Å². The average molecular weight is 631 g/mol. The molecule has 0 spiro atoms. The molecular weight excluding hydrogens is 568 g/mol. The highest BCUT2D eigenvalue weighted by molar-refractivity contribution is 5.88. The molecule has 19 N–H and O–H groups in total. The van der Waals surface area contributed by atoms with Crippen LogP contribution in [0.3, 0.4) is 0 Å². The molecule has 16 nitrogen and oxygen atoms in total. The standard InChI is InChI=1S/3C7H18N2O.C6H8O7/c3*8-5-1-3-7(9)4-2-6-10;7-3(8)1-6(13,5(11)12)2-4(9)10/h3*7,10H,1-6,8-9H2;13H,1-2H2,(H,7,8)(H,9,10)(H,11,12). The largest absolute Gasteiger partial charge is 0.481 e. The second kappa shape index (κ2) is 34.5. The number of aliphatic carboxylic acids is 3. The van der Waals surface area contributed by atoms with Crippen LogP contribution < -0.4 is 34.4 Å². The summed E-state index contributed by atoms with van der Waals surface area (Å²) >= 11 is 0. The van der Waals surface area contributed by atoms with Gasteiger partial charge in [0.25, 0.3) is 0 Å². The molecule has 0 bridgehead atoms. The van der Waals surface area contributed by atoms with E-state index >= 15 is 0 Å². The highest BCUT2D eigenvalue weighted by Crippen LogP contribution is 2.15. The lowest BCUT2D eigenvalue weighted by atomic mass is 9.96. The van der Waals surface area contributed by atoms with Gasteiger partial charge in [-0.1, -0.05) is 0 Å². The number of aliphatic hydroxyl groups is 4. The Morgan fingerprint density at radius 3 is 0.907 bits per heavy atom. The third-order valence-corrected chi connectivity index (χ3v) is 5.82. The van der Waals surface area contributed by atoms with Crippen LogP contribution in [0, 0.1) is 0 Å². The molecule has 0 aliphatic rings. The van der Waals surface area contributed by atoms with Gasteiger partial charge in [0, 0.05) is 37.9 Å². The van der Waals surface area contributed by atoms with E-state index in [2.05, 4.69) is 0 Å². The number of carboxylic acid groups (broad SMARTS) is 3. The molecule has 16 heteroatoms. The van der Waals surface area contributed by atoms with Crippen molar-refractivity contribution in [2.45, 2.75) is 114 Å². The number of rotatable bonds is 23. The molecule has 0 saturated carbocycles. The predicted molar refractivity (Wildman–Crippen MR) is 165 cm³/mol. The lowest BCUT2D eigenvalue weighted by Gasteiger charge is -2.18. The fourth-order valence-electron chi connectivity index (χ4n) is 3.35. The summed E-state index contributed by atoms with van der Waals surface area (Å²) < 4.78 is 0. The Morgan fingerprint density at radius 1 is 0.512 bits per heavy atom. The van der Waals surface area contributed by atoms with Gasteiger partial charge in [-0.2, -0.15) is 0 Å². The van der Waals surface area contributed by atoms with Crippen molar-refractivity contribution in [2.24, 2.45) is 34.4 Å². The van der Waals surface area contributed by atoms with Crippen molar-refractivity contribution in [3.05, 3.63) is 0 Å². The summed E-state index contributed by atoms with van der Waals surface area (Å²) in [6.07, 6.45) is 8.81. The van der Waals surface area contributed by atoms with Crippen molar-refractivity contribution in [3.8, 4) is 0 Å². The Morgan fingerprint density at radius 2 is 0.744 bits per heavy atom. The number of hydrogen-bond acceptors (Lipinski definition) is 13. The molecule has 3 atom stereocenters. The first-order valence-electron chi connectivity index (χ1n) is 14.8. The van der Waals surface area contributed by atoms with Crippen molar-refractivity contribution in [1.29, 1.82) is 0 Å². The van der Waals surface area contributed by atoms with Crippen molar-refractivity contribution in [2.75, 3.05) is 39.5 Å². The van der Waals surface area contributed by atoms with Crippen molar-refractivity contribution in [1.82, 2.24) is 0 Å². The minimum Gasteiger partial charge on any atom is -0.481 e. The van der Waals surface area contributed by atoms with E-state index in [1.807, 2.05) is 0 Å². The second-order valence-corrected chi connectivity index (χ2v) is 10.1. The molecule has 0 heterocycles. The van der Waals surface area contributed by atoms with Crippen LogP contribution in [0.25, 0.3) is 0 Å². The molecule has 0 aromatic heterocycles. The van der Waals surface area contributed by atoms with Gasteiger partial charge in [0.15, 0.2) is 5.60 Å². The summed E-state index contributed by atoms with van der Waals surface area (Å²) in [6.45, 7) is 2.88. The molecule has 0 aliphatic carbocycles. The van der Waals surface area contributed by atoms with Gasteiger partial charge in [0.1, 0.15) is 0 Å². The summed E-state index contributed by atoms with van der Waals surface area (Å²) in [7, 11) is 0. The fraction of sp³-hybridized carbons (Fsp3) is 0.889. The zero-order valence-corrected chi connectivity index (χ0v) is 25.7. The van der Waals surface area contributed by atoms with Gasteiger partial charge in [0.05, 0.1) is 12.8 Å². The minimum absolute atomic E-state index is 0.232. The van der Waals surface area contributed by atoms with E-state index in [0.717, 1.165) is 77.0 Å². The molecule has 43 heavy (non-hydrogen) atoms. The van der Waals surface area contributed by atoms with Crippen LogP contribution in [0.2, 0.25) is 0 Å². The Hall–Kier alpha value is -1.99. The Kier molecular flexibility index (Phi) is 38.5. The molecule has 260 valence electrons. The summed E-state index contributed by atoms with van der Waals surface area (Å²) in [5.41, 5.74) is 30.2. The zero-order chi connectivity index (χ0) is 34.1. The van der Waals surface area contributed by atoms with Crippen LogP contribution in [0.5, 0.6) is 0 Å². The van der Waals surface area contributed by atoms with Crippen LogP contribution in [0.4, 0.5) is 0 Å². The van der Waals surface area contributed by atoms with Gasteiger partial charge >= 0.3 is 17.9 Å². The van der Waals surface area contributed by atoms with E-state index in [-0.39, 0.29) is 37.9 Å². The summed E-state index contributed by atoms with van der Waals surface area (Å²) in [5, 5.41) is 59.2. The monoisotopic (exact) mass is 630 g/mol. The van der Waals surface area contributed by atoms with Crippen LogP contribution >= 0.6 is 0 Å². The first kappa shape index (κ1) is 47.9. The van der Waals surface area contributed by atoms with E-state index in [9.17, 15) is 14.4 Å². The van der Waals surface area contributed by atoms with E-state index in [0.29, 0.717) is 19.6 Å². The smallest absolute Gasteiger partial charge is 0.336 e. The van der Waals surface area contributed by atoms with E-state index in [1.165, 1.54) is 0 Å². The van der Waals surface area contributed by atoms with Gasteiger partial charge in [-0.15, -0.1) is 0 Å². The highest BCUT2D eigenvalue weighted by Gasteiger charge is 2.40. The maximum Gasteiger partial charge on any atom is 0.336 e. The Bertz CT molecular complexity index is 567. The maximum atomic E-state index is 10.3. The number of aliphatic hydroxyl groups excluding tert-OH is 3. The van der Waals surface area contributed by atoms with E-state index < -0.39 is 36.4 Å². The van der Waals surface area contributed by atoms with Gasteiger partial charge in [-0.3, -0.25) is 9.59 Å². The summed E-state index contributed by atoms with van der Waals surface area (Å²) in [4.78, 5) is 30.5. The van der Waals surface area contributed by atoms with Crippen LogP contribution in [-0.4, -0.2) is 117 Å². The first-order chi connectivity index (χ1) is 20.2. The molecule has 0 aromatic rings. The molecule has 0 fully saturated rings. The van der Waals surface area contributed by atoms with E-state index in [4.69, 9.17) is 70.1 Å². The number of hydrogen-bond donors (Lipinski definition) is 13. The molecule has 0 saturated heterocycles. The van der Waals surface area contributed by atoms with Crippen molar-refractivity contribution < 1.29 is 50.1 Å². The lowest BCUT2D eigenvalue weighted by molar-refractivity contribution is -0.170. The molecule has 3 unspecified atom stereocenters. The van der Waals surface area contributed by atoms with Gasteiger partial charge in [-0.25, -0.2) is 4.79 Å². The third-order valence-electron chi connectivity index (χ3n) is 5.82. The molecule has 0 radical (unpaired) electrons. The molecule has 0 rings (SSSR count). The zero-order valence-electron chi connectivity index (χ0n) is 25.7. The van der Waals surface area contributed by atoms with E-state index in [1.54, 1.807) is 0 Å². The predicted octanol–water partition coefficient (Wildman–Crippen LogP) is -1.77. The molecule has 0 aromatic carbocycles. The topological polar surface area (TPSA) is 349 Å². The summed E-state index contributed by atoms with van der Waals surface area (Å²) in [5.74, 6) is -5.02. The van der Waals surface area contributed by atoms with Crippen molar-refractivity contribution in [3.63, 3.8) is 0 Å². The SMILES string of the molecule is NCCCC(N)CCCO.NCCCC(N)CCCO.NCCCC(N)CCCO.O=C(O)CC(O)(CC(=O)O)C(=O)O. The molecular formula is C27H62N6O10. The lowest BCUT2D eigenvalue weighted by Crippen LogP contribution is -2.42. The maximum absolute atomic E-state index is 10.3. The normalized spacial score (nSPS) is 12.7. The van der Waals surface area contributed by atoms with Crippen LogP contribution in [-0.2, 0) is 14.4 Å². The third kappa shape index (κ3) is 40.0. The highest BCUT2D eigenvalue weighted by atomic mass is 16.4. The van der Waals surface area contributed by atoms with Crippen LogP contribution in [0.15, 0.2) is 0 Å². The fourth-order valence-corrected chi connectivity index (χ4v) is 3.35. The second-order valence-electron chi connectivity index (χ2n) is 10.1. The summed E-state index contributed by atoms with van der Waals surface area (Å²) in [6, 6.07) is 0.696. The van der Waals surface area contributed by atoms with Crippen LogP contribution in [0.1, 0.15) is 89.9 Å². The van der Waals surface area contributed by atoms with Crippen molar-refractivity contribution >= 4 is 17.9 Å². The molecule has 0 aliphatic heterocycles. The first-order valence-corrected chi connectivity index (χ1v) is 14.8. The average Bonchev–Trinajstić information content (AvgIpc) is 2.94. The minimum atomic E-state index is -2.74. The number of carbonyl (C=O) groups is 3. The van der Waals surface area contributed by atoms with Gasteiger partial charge in [-0.05, 0) is 96.7 Å². The Labute approximate surface area is 255 Å². The van der Waals surface area contributed by atoms with Gasteiger partial charge in [0.2, 0.25) is 0 Å². The number of nitrogens with two attached hydrogens (primary N) is 6. The molecule has 0 amide bonds. The quantitative estimate of drug-likeness (QED) is 0.0593. The number of carboxylic acids is 3. The Balaban J connectivity index is -0.000000238.